The smallest absolute Gasteiger partial charge is 0.259 e. The zero-order valence-electron chi connectivity index (χ0n) is 16.1. The van der Waals surface area contributed by atoms with Crippen LogP contribution in [0.15, 0.2) is 59.6 Å². The highest BCUT2D eigenvalue weighted by Gasteiger charge is 2.38. The van der Waals surface area contributed by atoms with Gasteiger partial charge in [-0.25, -0.2) is 9.89 Å². The molecule has 2 aromatic rings. The number of nitrogens with zero attached hydrogens (tertiary/aromatic N) is 3. The van der Waals surface area contributed by atoms with Gasteiger partial charge in [-0.3, -0.25) is 4.79 Å². The largest absolute Gasteiger partial charge is 0.342 e. The molecule has 1 unspecified atom stereocenters. The summed E-state index contributed by atoms with van der Waals surface area (Å²) >= 11 is 0. The van der Waals surface area contributed by atoms with Crippen molar-refractivity contribution in [1.29, 1.82) is 0 Å². The highest BCUT2D eigenvalue weighted by molar-refractivity contribution is 6.22. The predicted octanol–water partition coefficient (Wildman–Crippen LogP) is 4.04. The van der Waals surface area contributed by atoms with E-state index in [9.17, 15) is 4.79 Å². The molecule has 140 valence electrons. The highest BCUT2D eigenvalue weighted by atomic mass is 16.2. The summed E-state index contributed by atoms with van der Waals surface area (Å²) < 4.78 is 0. The van der Waals surface area contributed by atoms with E-state index in [4.69, 9.17) is 4.99 Å². The van der Waals surface area contributed by atoms with E-state index in [1.165, 1.54) is 5.56 Å². The standard InChI is InChI=1S/C23H27N3O/c1-17-8-10-20(11-9-17)26-22(27)21(16-19-6-4-3-5-7-19)24-23(26)25-14-12-18(2)13-15-25/h3-11,18,21H,12-16H2,1-2H3. The van der Waals surface area contributed by atoms with Gasteiger partial charge in [-0.15, -0.1) is 0 Å². The molecule has 0 aromatic heterocycles. The number of aliphatic imine (C=N–C) groups is 1. The van der Waals surface area contributed by atoms with Crippen LogP contribution in [0.2, 0.25) is 0 Å². The molecule has 0 saturated carbocycles. The van der Waals surface area contributed by atoms with Crippen molar-refractivity contribution in [2.24, 2.45) is 10.9 Å². The average molecular weight is 361 g/mol. The van der Waals surface area contributed by atoms with Crippen LogP contribution in [-0.4, -0.2) is 35.9 Å². The van der Waals surface area contributed by atoms with Gasteiger partial charge in [0.15, 0.2) is 0 Å². The van der Waals surface area contributed by atoms with Gasteiger partial charge in [-0.1, -0.05) is 55.0 Å². The number of hydrogen-bond acceptors (Lipinski definition) is 3. The molecule has 1 atom stereocenters. The van der Waals surface area contributed by atoms with Gasteiger partial charge in [0.1, 0.15) is 6.04 Å². The molecule has 1 saturated heterocycles. The molecule has 0 bridgehead atoms. The summed E-state index contributed by atoms with van der Waals surface area (Å²) in [5.41, 5.74) is 3.26. The molecular formula is C23H27N3O. The molecule has 2 aliphatic heterocycles. The van der Waals surface area contributed by atoms with Crippen molar-refractivity contribution in [2.75, 3.05) is 18.0 Å². The van der Waals surface area contributed by atoms with Crippen LogP contribution in [-0.2, 0) is 11.2 Å². The molecule has 0 radical (unpaired) electrons. The van der Waals surface area contributed by atoms with E-state index in [2.05, 4.69) is 43.0 Å². The molecule has 0 N–H and O–H groups in total. The molecule has 4 rings (SSSR count). The maximum Gasteiger partial charge on any atom is 0.259 e. The summed E-state index contributed by atoms with van der Waals surface area (Å²) in [6, 6.07) is 18.0. The quantitative estimate of drug-likeness (QED) is 0.827. The Morgan fingerprint density at radius 3 is 2.33 bits per heavy atom. The average Bonchev–Trinajstić information content (AvgIpc) is 3.00. The Morgan fingerprint density at radius 1 is 1.00 bits per heavy atom. The third-order valence-electron chi connectivity index (χ3n) is 5.61. The molecule has 4 heteroatoms. The minimum absolute atomic E-state index is 0.0799. The fraction of sp³-hybridized carbons (Fsp3) is 0.391. The number of anilines is 1. The number of hydrogen-bond donors (Lipinski definition) is 0. The number of carbonyl (C=O) groups excluding carboxylic acids is 1. The molecule has 2 heterocycles. The van der Waals surface area contributed by atoms with Gasteiger partial charge < -0.3 is 4.90 Å². The monoisotopic (exact) mass is 361 g/mol. The van der Waals surface area contributed by atoms with Gasteiger partial charge in [0.25, 0.3) is 5.91 Å². The Hall–Kier alpha value is -2.62. The SMILES string of the molecule is Cc1ccc(N2C(=O)C(Cc3ccccc3)N=C2N2CCC(C)CC2)cc1. The van der Waals surface area contributed by atoms with Crippen LogP contribution in [0, 0.1) is 12.8 Å². The predicted molar refractivity (Wildman–Crippen MR) is 110 cm³/mol. The maximum absolute atomic E-state index is 13.3. The number of aryl methyl sites for hydroxylation is 1. The van der Waals surface area contributed by atoms with Crippen molar-refractivity contribution in [3.63, 3.8) is 0 Å². The molecule has 2 aromatic carbocycles. The van der Waals surface area contributed by atoms with E-state index in [1.54, 1.807) is 0 Å². The fourth-order valence-electron chi connectivity index (χ4n) is 3.84. The van der Waals surface area contributed by atoms with E-state index in [1.807, 2.05) is 35.2 Å². The third-order valence-corrected chi connectivity index (χ3v) is 5.61. The van der Waals surface area contributed by atoms with Gasteiger partial charge in [-0.2, -0.15) is 0 Å². The van der Waals surface area contributed by atoms with Gasteiger partial charge >= 0.3 is 0 Å². The van der Waals surface area contributed by atoms with Gasteiger partial charge in [0, 0.05) is 19.5 Å². The Labute approximate surface area is 161 Å². The van der Waals surface area contributed by atoms with E-state index >= 15 is 0 Å². The number of guanidine groups is 1. The number of benzene rings is 2. The van der Waals surface area contributed by atoms with Crippen molar-refractivity contribution in [1.82, 2.24) is 4.90 Å². The molecule has 0 aliphatic carbocycles. The summed E-state index contributed by atoms with van der Waals surface area (Å²) in [5.74, 6) is 1.65. The molecule has 0 spiro atoms. The fourth-order valence-corrected chi connectivity index (χ4v) is 3.84. The van der Waals surface area contributed by atoms with Crippen molar-refractivity contribution in [3.05, 3.63) is 65.7 Å². The summed E-state index contributed by atoms with van der Waals surface area (Å²) in [7, 11) is 0. The van der Waals surface area contributed by atoms with E-state index in [0.29, 0.717) is 6.42 Å². The Morgan fingerprint density at radius 2 is 1.67 bits per heavy atom. The van der Waals surface area contributed by atoms with Crippen LogP contribution in [0.25, 0.3) is 0 Å². The van der Waals surface area contributed by atoms with Crippen molar-refractivity contribution in [2.45, 2.75) is 39.2 Å². The number of rotatable bonds is 3. The van der Waals surface area contributed by atoms with Crippen LogP contribution in [0.3, 0.4) is 0 Å². The molecule has 1 amide bonds. The molecule has 2 aliphatic rings. The Kier molecular flexibility index (Phi) is 4.97. The number of carbonyl (C=O) groups is 1. The lowest BCUT2D eigenvalue weighted by Crippen LogP contribution is -2.47. The van der Waals surface area contributed by atoms with Crippen LogP contribution in [0.5, 0.6) is 0 Å². The first-order valence-electron chi connectivity index (χ1n) is 9.89. The topological polar surface area (TPSA) is 35.9 Å². The number of amides is 1. The second-order valence-electron chi connectivity index (χ2n) is 7.81. The van der Waals surface area contributed by atoms with Gasteiger partial charge in [-0.05, 0) is 43.4 Å². The molecule has 27 heavy (non-hydrogen) atoms. The summed E-state index contributed by atoms with van der Waals surface area (Å²) in [4.78, 5) is 22.3. The van der Waals surface area contributed by atoms with E-state index in [0.717, 1.165) is 49.1 Å². The molecule has 4 nitrogen and oxygen atoms in total. The summed E-state index contributed by atoms with van der Waals surface area (Å²) in [6.07, 6.45) is 2.95. The first kappa shape index (κ1) is 17.8. The van der Waals surface area contributed by atoms with Crippen molar-refractivity contribution < 1.29 is 4.79 Å². The number of piperidine rings is 1. The van der Waals surface area contributed by atoms with Crippen LogP contribution in [0.1, 0.15) is 30.9 Å². The van der Waals surface area contributed by atoms with Gasteiger partial charge in [0.2, 0.25) is 5.96 Å². The zero-order valence-corrected chi connectivity index (χ0v) is 16.1. The van der Waals surface area contributed by atoms with Crippen LogP contribution >= 0.6 is 0 Å². The van der Waals surface area contributed by atoms with Crippen LogP contribution in [0.4, 0.5) is 5.69 Å². The van der Waals surface area contributed by atoms with Crippen LogP contribution < -0.4 is 4.90 Å². The Balaban J connectivity index is 1.64. The van der Waals surface area contributed by atoms with Crippen molar-refractivity contribution in [3.8, 4) is 0 Å². The third kappa shape index (κ3) is 3.75. The zero-order chi connectivity index (χ0) is 18.8. The lowest BCUT2D eigenvalue weighted by atomic mass is 9.99. The first-order chi connectivity index (χ1) is 13.1. The van der Waals surface area contributed by atoms with Gasteiger partial charge in [0.05, 0.1) is 5.69 Å². The van der Waals surface area contributed by atoms with E-state index in [-0.39, 0.29) is 11.9 Å². The second-order valence-corrected chi connectivity index (χ2v) is 7.81. The summed E-state index contributed by atoms with van der Waals surface area (Å²) in [5, 5.41) is 0. The van der Waals surface area contributed by atoms with E-state index < -0.39 is 0 Å². The lowest BCUT2D eigenvalue weighted by Gasteiger charge is -2.34. The number of likely N-dealkylation sites (tertiary alicyclic amines) is 1. The summed E-state index contributed by atoms with van der Waals surface area (Å²) in [6.45, 7) is 6.30. The molecular weight excluding hydrogens is 334 g/mol. The Bertz CT molecular complexity index is 820. The first-order valence-corrected chi connectivity index (χ1v) is 9.89. The maximum atomic E-state index is 13.3. The second kappa shape index (κ2) is 7.55. The normalized spacial score (nSPS) is 20.9. The highest BCUT2D eigenvalue weighted by Crippen LogP contribution is 2.27. The van der Waals surface area contributed by atoms with Crippen molar-refractivity contribution >= 4 is 17.6 Å². The minimum Gasteiger partial charge on any atom is -0.342 e. The minimum atomic E-state index is -0.344. The lowest BCUT2D eigenvalue weighted by molar-refractivity contribution is -0.118. The molecule has 1 fully saturated rings.